The van der Waals surface area contributed by atoms with Crippen LogP contribution in [0.4, 0.5) is 10.5 Å². The molecule has 1 aliphatic rings. The van der Waals surface area contributed by atoms with Gasteiger partial charge < -0.3 is 14.2 Å². The lowest BCUT2D eigenvalue weighted by Crippen LogP contribution is -2.18. The van der Waals surface area contributed by atoms with Crippen LogP contribution in [0.25, 0.3) is 0 Å². The van der Waals surface area contributed by atoms with Crippen LogP contribution in [0.1, 0.15) is 47.1 Å². The number of hydrogen-bond acceptors (Lipinski definition) is 6. The number of carbonyl (C=O) groups excluding carboxylic acids is 1. The third-order valence-corrected chi connectivity index (χ3v) is 3.86. The Morgan fingerprint density at radius 2 is 1.58 bits per heavy atom. The van der Waals surface area contributed by atoms with Gasteiger partial charge in [-0.15, -0.1) is 0 Å². The number of rotatable bonds is 5. The smallest absolute Gasteiger partial charge is 0.407 e. The molecule has 0 aliphatic carbocycles. The summed E-state index contributed by atoms with van der Waals surface area (Å²) in [6.45, 7) is 14.8. The lowest BCUT2D eigenvalue weighted by Gasteiger charge is -2.07. The van der Waals surface area contributed by atoms with Crippen LogP contribution in [0.5, 0.6) is 0 Å². The molecule has 1 heterocycles. The Bertz CT molecular complexity index is 697. The molecule has 0 saturated carbocycles. The SMILES string of the molecule is CC.CC.CC.Cc1ccccc1.O=C1NCC(COSc2ccc([N+](=O)[O-])cc2)O1. The second-order valence-electron chi connectivity index (χ2n) is 5.18. The minimum absolute atomic E-state index is 0.0354. The van der Waals surface area contributed by atoms with Gasteiger partial charge in [-0.2, -0.15) is 0 Å². The number of nitro groups is 1. The third-order valence-electron chi connectivity index (χ3n) is 3.14. The van der Waals surface area contributed by atoms with E-state index >= 15 is 0 Å². The summed E-state index contributed by atoms with van der Waals surface area (Å²) < 4.78 is 10.2. The normalized spacial score (nSPS) is 13.1. The van der Waals surface area contributed by atoms with Crippen LogP contribution in [0.2, 0.25) is 0 Å². The van der Waals surface area contributed by atoms with E-state index in [1.165, 1.54) is 17.7 Å². The predicted octanol–water partition coefficient (Wildman–Crippen LogP) is 6.80. The summed E-state index contributed by atoms with van der Waals surface area (Å²) in [5.74, 6) is 0. The van der Waals surface area contributed by atoms with Crippen molar-refractivity contribution in [3.63, 3.8) is 0 Å². The Balaban J connectivity index is 0. The maximum atomic E-state index is 10.7. The van der Waals surface area contributed by atoms with Crippen molar-refractivity contribution >= 4 is 23.8 Å². The molecule has 1 aliphatic heterocycles. The van der Waals surface area contributed by atoms with Gasteiger partial charge in [-0.1, -0.05) is 77.4 Å². The standard InChI is InChI=1S/C10H10N2O5S.C7H8.3C2H6/c13-10-11-5-8(17-10)6-16-18-9-3-1-7(2-4-9)12(14)15;1-7-5-3-2-4-6-7;3*1-2/h1-4,8H,5-6H2,(H,11,13);2-6H,1H3;3*1-2H3. The quantitative estimate of drug-likeness (QED) is 0.305. The zero-order chi connectivity index (χ0) is 24.1. The van der Waals surface area contributed by atoms with E-state index in [0.717, 1.165) is 16.9 Å². The first-order valence-corrected chi connectivity index (χ1v) is 11.3. The van der Waals surface area contributed by atoms with E-state index in [0.29, 0.717) is 6.54 Å². The van der Waals surface area contributed by atoms with Crippen LogP contribution in [-0.2, 0) is 8.92 Å². The number of ether oxygens (including phenoxy) is 1. The second kappa shape index (κ2) is 20.7. The van der Waals surface area contributed by atoms with Crippen molar-refractivity contribution in [2.75, 3.05) is 13.2 Å². The van der Waals surface area contributed by atoms with Crippen LogP contribution in [0.3, 0.4) is 0 Å². The molecule has 174 valence electrons. The maximum Gasteiger partial charge on any atom is 0.407 e. The predicted molar refractivity (Wildman–Crippen MR) is 128 cm³/mol. The summed E-state index contributed by atoms with van der Waals surface area (Å²) in [6, 6.07) is 16.3. The number of nitrogens with zero attached hydrogens (tertiary/aromatic N) is 1. The Hall–Kier alpha value is -2.58. The molecule has 1 amide bonds. The Labute approximate surface area is 190 Å². The molecule has 3 rings (SSSR count). The largest absolute Gasteiger partial charge is 0.442 e. The van der Waals surface area contributed by atoms with Crippen LogP contribution in [0, 0.1) is 17.0 Å². The van der Waals surface area contributed by atoms with Gasteiger partial charge in [0.25, 0.3) is 5.69 Å². The highest BCUT2D eigenvalue weighted by molar-refractivity contribution is 7.94. The number of nitrogens with one attached hydrogen (secondary N) is 1. The van der Waals surface area contributed by atoms with E-state index in [9.17, 15) is 14.9 Å². The number of amides is 1. The van der Waals surface area contributed by atoms with Crippen LogP contribution in [-0.4, -0.2) is 30.3 Å². The van der Waals surface area contributed by atoms with Gasteiger partial charge in [0.15, 0.2) is 0 Å². The van der Waals surface area contributed by atoms with Crippen molar-refractivity contribution in [2.24, 2.45) is 0 Å². The van der Waals surface area contributed by atoms with Crippen molar-refractivity contribution in [1.29, 1.82) is 0 Å². The summed E-state index contributed by atoms with van der Waals surface area (Å²) in [5.41, 5.74) is 1.36. The van der Waals surface area contributed by atoms with Crippen molar-refractivity contribution in [2.45, 2.75) is 59.5 Å². The monoisotopic (exact) mass is 452 g/mol. The lowest BCUT2D eigenvalue weighted by molar-refractivity contribution is -0.384. The number of benzene rings is 2. The van der Waals surface area contributed by atoms with E-state index < -0.39 is 11.0 Å². The number of hydrogen-bond donors (Lipinski definition) is 1. The number of cyclic esters (lactones) is 1. The summed E-state index contributed by atoms with van der Waals surface area (Å²) in [4.78, 5) is 21.5. The highest BCUT2D eigenvalue weighted by Crippen LogP contribution is 2.22. The van der Waals surface area contributed by atoms with Gasteiger partial charge >= 0.3 is 6.09 Å². The zero-order valence-corrected chi connectivity index (χ0v) is 20.4. The molecule has 2 aromatic carbocycles. The fourth-order valence-corrected chi connectivity index (χ4v) is 2.46. The van der Waals surface area contributed by atoms with Crippen LogP contribution >= 0.6 is 12.0 Å². The number of carbonyl (C=O) groups is 1. The van der Waals surface area contributed by atoms with Gasteiger partial charge in [0.05, 0.1) is 11.5 Å². The first-order chi connectivity index (χ1) is 15.0. The molecule has 1 unspecified atom stereocenters. The van der Waals surface area contributed by atoms with Gasteiger partial charge in [-0.05, 0) is 19.1 Å². The lowest BCUT2D eigenvalue weighted by atomic mass is 10.2. The molecular weight excluding hydrogens is 416 g/mol. The molecule has 0 spiro atoms. The number of non-ortho nitro benzene ring substituents is 1. The molecule has 31 heavy (non-hydrogen) atoms. The highest BCUT2D eigenvalue weighted by Gasteiger charge is 2.22. The molecular formula is C23H36N2O5S. The van der Waals surface area contributed by atoms with Gasteiger partial charge in [0.1, 0.15) is 12.7 Å². The first-order valence-electron chi connectivity index (χ1n) is 10.5. The minimum Gasteiger partial charge on any atom is -0.442 e. The zero-order valence-electron chi connectivity index (χ0n) is 19.6. The Kier molecular flexibility index (Phi) is 20.4. The number of alkyl carbamates (subject to hydrolysis) is 1. The summed E-state index contributed by atoms with van der Waals surface area (Å²) in [6.07, 6.45) is -0.730. The third kappa shape index (κ3) is 15.0. The van der Waals surface area contributed by atoms with Crippen molar-refractivity contribution in [3.8, 4) is 0 Å². The number of nitro benzene ring substituents is 1. The molecule has 0 aromatic heterocycles. The molecule has 2 aromatic rings. The van der Waals surface area contributed by atoms with Gasteiger partial charge in [-0.3, -0.25) is 10.1 Å². The summed E-state index contributed by atoms with van der Waals surface area (Å²) in [7, 11) is 0. The molecule has 0 radical (unpaired) electrons. The average molecular weight is 453 g/mol. The molecule has 8 heteroatoms. The summed E-state index contributed by atoms with van der Waals surface area (Å²) >= 11 is 1.09. The topological polar surface area (TPSA) is 90.7 Å². The van der Waals surface area contributed by atoms with Gasteiger partial charge in [0.2, 0.25) is 0 Å². The Morgan fingerprint density at radius 1 is 1.03 bits per heavy atom. The van der Waals surface area contributed by atoms with E-state index in [1.807, 2.05) is 59.7 Å². The molecule has 1 N–H and O–H groups in total. The summed E-state index contributed by atoms with van der Waals surface area (Å²) in [5, 5.41) is 13.0. The molecule has 1 saturated heterocycles. The van der Waals surface area contributed by atoms with E-state index in [2.05, 4.69) is 24.4 Å². The first kappa shape index (κ1) is 30.6. The average Bonchev–Trinajstić information content (AvgIpc) is 3.24. The second-order valence-corrected chi connectivity index (χ2v) is 6.06. The van der Waals surface area contributed by atoms with Crippen molar-refractivity contribution in [3.05, 3.63) is 70.3 Å². The molecule has 1 atom stereocenters. The van der Waals surface area contributed by atoms with E-state index in [4.69, 9.17) is 8.92 Å². The van der Waals surface area contributed by atoms with E-state index in [1.54, 1.807) is 12.1 Å². The van der Waals surface area contributed by atoms with Crippen molar-refractivity contribution < 1.29 is 18.6 Å². The Morgan fingerprint density at radius 3 is 1.97 bits per heavy atom. The van der Waals surface area contributed by atoms with Gasteiger partial charge in [-0.25, -0.2) is 4.79 Å². The fourth-order valence-electron chi connectivity index (χ4n) is 1.86. The number of aryl methyl sites for hydroxylation is 1. The molecule has 1 fully saturated rings. The van der Waals surface area contributed by atoms with E-state index in [-0.39, 0.29) is 18.4 Å². The molecule has 7 nitrogen and oxygen atoms in total. The van der Waals surface area contributed by atoms with Crippen LogP contribution in [0.15, 0.2) is 59.5 Å². The maximum absolute atomic E-state index is 10.7. The minimum atomic E-state index is -0.459. The van der Waals surface area contributed by atoms with Gasteiger partial charge in [0, 0.05) is 29.1 Å². The molecule has 0 bridgehead atoms. The highest BCUT2D eigenvalue weighted by atomic mass is 32.2. The van der Waals surface area contributed by atoms with Crippen LogP contribution < -0.4 is 5.32 Å². The fraction of sp³-hybridized carbons (Fsp3) is 0.435. The van der Waals surface area contributed by atoms with Crippen molar-refractivity contribution in [1.82, 2.24) is 5.32 Å².